The summed E-state index contributed by atoms with van der Waals surface area (Å²) in [5.74, 6) is 1.39. The molecule has 1 saturated carbocycles. The number of allylic oxidation sites excluding steroid dienone is 2. The van der Waals surface area contributed by atoms with Crippen molar-refractivity contribution in [3.63, 3.8) is 0 Å². The van der Waals surface area contributed by atoms with Gasteiger partial charge in [-0.15, -0.1) is 0 Å². The number of fused-ring (bicyclic) bond motifs is 1. The maximum Gasteiger partial charge on any atom is 0.233 e. The summed E-state index contributed by atoms with van der Waals surface area (Å²) >= 11 is 4.84. The van der Waals surface area contributed by atoms with Gasteiger partial charge in [0.15, 0.2) is 0 Å². The Hall–Kier alpha value is -1.01. The number of thiocarbonyl (C=S) groups is 1. The number of hydrogen-bond donors (Lipinski definition) is 0. The second-order valence-electron chi connectivity index (χ2n) is 9.66. The van der Waals surface area contributed by atoms with Crippen LogP contribution < -0.4 is 0 Å². The first-order valence-corrected chi connectivity index (χ1v) is 10.4. The average Bonchev–Trinajstić information content (AvgIpc) is 2.99. The number of hydrogen-bond acceptors (Lipinski definition) is 3. The summed E-state index contributed by atoms with van der Waals surface area (Å²) in [6.45, 7) is 18.7. The van der Waals surface area contributed by atoms with Crippen LogP contribution in [0.5, 0.6) is 0 Å². The second kappa shape index (κ2) is 6.86. The molecular formula is C22H32N2OS. The molecule has 4 heteroatoms. The summed E-state index contributed by atoms with van der Waals surface area (Å²) in [6, 6.07) is 0. The smallest absolute Gasteiger partial charge is 0.233 e. The van der Waals surface area contributed by atoms with Crippen LogP contribution in [0.25, 0.3) is 4.85 Å². The Labute approximate surface area is 164 Å². The van der Waals surface area contributed by atoms with Gasteiger partial charge in [-0.05, 0) is 83.9 Å². The van der Waals surface area contributed by atoms with Gasteiger partial charge in [-0.25, -0.2) is 11.6 Å². The molecule has 3 aliphatic rings. The fourth-order valence-corrected chi connectivity index (χ4v) is 5.96. The third-order valence-electron chi connectivity index (χ3n) is 7.49. The Morgan fingerprint density at radius 1 is 1.27 bits per heavy atom. The summed E-state index contributed by atoms with van der Waals surface area (Å²) < 4.78 is 6.71. The highest BCUT2D eigenvalue weighted by Crippen LogP contribution is 2.55. The van der Waals surface area contributed by atoms with Gasteiger partial charge in [0.05, 0.1) is 22.4 Å². The summed E-state index contributed by atoms with van der Waals surface area (Å²) in [7, 11) is 0. The lowest BCUT2D eigenvalue weighted by Crippen LogP contribution is -2.52. The number of isothiocyanates is 1. The number of rotatable bonds is 3. The first-order chi connectivity index (χ1) is 12.1. The van der Waals surface area contributed by atoms with Crippen LogP contribution in [0, 0.1) is 24.3 Å². The molecule has 0 aromatic rings. The van der Waals surface area contributed by atoms with Crippen molar-refractivity contribution in [3.8, 4) is 0 Å². The molecule has 3 rings (SSSR count). The Morgan fingerprint density at radius 2 is 2.00 bits per heavy atom. The molecule has 0 aromatic heterocycles. The lowest BCUT2D eigenvalue weighted by Gasteiger charge is -2.49. The molecule has 0 aromatic carbocycles. The van der Waals surface area contributed by atoms with E-state index < -0.39 is 0 Å². The van der Waals surface area contributed by atoms with Gasteiger partial charge in [-0.1, -0.05) is 11.6 Å². The minimum absolute atomic E-state index is 0.0873. The van der Waals surface area contributed by atoms with Crippen molar-refractivity contribution in [2.45, 2.75) is 95.9 Å². The predicted octanol–water partition coefficient (Wildman–Crippen LogP) is 5.87. The Bertz CT molecular complexity index is 687. The Morgan fingerprint density at radius 3 is 2.65 bits per heavy atom. The van der Waals surface area contributed by atoms with Gasteiger partial charge < -0.3 is 9.58 Å². The summed E-state index contributed by atoms with van der Waals surface area (Å²) in [6.07, 6.45) is 8.97. The van der Waals surface area contributed by atoms with E-state index in [0.29, 0.717) is 17.8 Å². The third kappa shape index (κ3) is 3.31. The maximum atomic E-state index is 7.79. The van der Waals surface area contributed by atoms with E-state index in [9.17, 15) is 0 Å². The highest BCUT2D eigenvalue weighted by Gasteiger charge is 2.58. The maximum absolute atomic E-state index is 7.79. The molecule has 2 fully saturated rings. The SMILES string of the molecule is [C-]#[N+][C@@]1(C)CC[C@H]([C@@]2(C)CCC(C(C)(C)N=C=S)O2)[C@@H]2C=C(C)CC[C@@H]21. The zero-order chi connectivity index (χ0) is 19.2. The lowest BCUT2D eigenvalue weighted by molar-refractivity contribution is -0.115. The number of aliphatic imine (C=N–C) groups is 1. The highest BCUT2D eigenvalue weighted by atomic mass is 32.1. The Kier molecular flexibility index (Phi) is 5.21. The van der Waals surface area contributed by atoms with Crippen LogP contribution in [-0.4, -0.2) is 27.9 Å². The monoisotopic (exact) mass is 372 g/mol. The van der Waals surface area contributed by atoms with Crippen LogP contribution in [0.1, 0.15) is 73.1 Å². The van der Waals surface area contributed by atoms with E-state index in [-0.39, 0.29) is 22.8 Å². The molecule has 142 valence electrons. The topological polar surface area (TPSA) is 25.9 Å². The van der Waals surface area contributed by atoms with Crippen molar-refractivity contribution in [3.05, 3.63) is 23.1 Å². The largest absolute Gasteiger partial charge is 0.369 e. The number of nitrogens with zero attached hydrogens (tertiary/aromatic N) is 2. The average molecular weight is 373 g/mol. The standard InChI is InChI=1S/C22H32N2OS/c1-15-7-8-17-16(13-15)18(9-11-21(17,4)23-6)22(5)12-10-19(25-22)20(2,3)24-14-26/h13,16-19H,7-12H2,1-5H3/t16-,17+,18+,19?,21+,22-/m1/s1. The zero-order valence-corrected chi connectivity index (χ0v) is 17.7. The third-order valence-corrected chi connectivity index (χ3v) is 7.58. The zero-order valence-electron chi connectivity index (χ0n) is 16.8. The Balaban J connectivity index is 1.88. The van der Waals surface area contributed by atoms with Crippen LogP contribution in [0.4, 0.5) is 0 Å². The fraction of sp³-hybridized carbons (Fsp3) is 0.818. The van der Waals surface area contributed by atoms with Crippen LogP contribution in [0.15, 0.2) is 16.6 Å². The summed E-state index contributed by atoms with van der Waals surface area (Å²) in [5, 5.41) is 2.55. The van der Waals surface area contributed by atoms with Crippen LogP contribution >= 0.6 is 12.2 Å². The van der Waals surface area contributed by atoms with Gasteiger partial charge in [-0.2, -0.15) is 0 Å². The minimum Gasteiger partial charge on any atom is -0.369 e. The van der Waals surface area contributed by atoms with Crippen molar-refractivity contribution in [2.75, 3.05) is 0 Å². The molecule has 0 radical (unpaired) electrons. The van der Waals surface area contributed by atoms with E-state index in [1.165, 1.54) is 5.57 Å². The molecule has 0 N–H and O–H groups in total. The van der Waals surface area contributed by atoms with Crippen LogP contribution in [0.3, 0.4) is 0 Å². The summed E-state index contributed by atoms with van der Waals surface area (Å²) in [5.41, 5.74) is 0.804. The van der Waals surface area contributed by atoms with Crippen molar-refractivity contribution in [2.24, 2.45) is 22.7 Å². The van der Waals surface area contributed by atoms with Crippen molar-refractivity contribution >= 4 is 17.4 Å². The van der Waals surface area contributed by atoms with Crippen LogP contribution in [0.2, 0.25) is 0 Å². The fourth-order valence-electron chi connectivity index (χ4n) is 5.72. The predicted molar refractivity (Wildman–Crippen MR) is 109 cm³/mol. The quantitative estimate of drug-likeness (QED) is 0.268. The van der Waals surface area contributed by atoms with E-state index in [0.717, 1.165) is 38.5 Å². The summed E-state index contributed by atoms with van der Waals surface area (Å²) in [4.78, 5) is 8.46. The van der Waals surface area contributed by atoms with Crippen molar-refractivity contribution in [1.29, 1.82) is 0 Å². The number of ether oxygens (including phenoxy) is 1. The normalized spacial score (nSPS) is 43.0. The van der Waals surface area contributed by atoms with Gasteiger partial charge in [0.2, 0.25) is 5.54 Å². The molecule has 0 bridgehead atoms. The highest BCUT2D eigenvalue weighted by molar-refractivity contribution is 7.78. The van der Waals surface area contributed by atoms with Crippen molar-refractivity contribution in [1.82, 2.24) is 0 Å². The van der Waals surface area contributed by atoms with E-state index in [1.807, 2.05) is 0 Å². The first kappa shape index (κ1) is 19.7. The van der Waals surface area contributed by atoms with Gasteiger partial charge >= 0.3 is 0 Å². The molecule has 6 atom stereocenters. The molecule has 1 heterocycles. The molecule has 1 saturated heterocycles. The second-order valence-corrected chi connectivity index (χ2v) is 9.85. The molecular weight excluding hydrogens is 340 g/mol. The first-order valence-electron chi connectivity index (χ1n) is 9.98. The van der Waals surface area contributed by atoms with Gasteiger partial charge in [0, 0.05) is 19.3 Å². The lowest BCUT2D eigenvalue weighted by atomic mass is 9.56. The van der Waals surface area contributed by atoms with E-state index in [2.05, 4.69) is 55.7 Å². The molecule has 1 unspecified atom stereocenters. The van der Waals surface area contributed by atoms with Gasteiger partial charge in [0.25, 0.3) is 0 Å². The molecule has 3 nitrogen and oxygen atoms in total. The molecule has 1 aliphatic heterocycles. The minimum atomic E-state index is -0.322. The van der Waals surface area contributed by atoms with E-state index >= 15 is 0 Å². The van der Waals surface area contributed by atoms with Crippen molar-refractivity contribution < 1.29 is 4.74 Å². The molecule has 0 spiro atoms. The molecule has 0 amide bonds. The van der Waals surface area contributed by atoms with Gasteiger partial charge in [0.1, 0.15) is 0 Å². The molecule has 2 aliphatic carbocycles. The van der Waals surface area contributed by atoms with E-state index in [1.54, 1.807) is 0 Å². The van der Waals surface area contributed by atoms with E-state index in [4.69, 9.17) is 23.5 Å². The van der Waals surface area contributed by atoms with Gasteiger partial charge in [-0.3, -0.25) is 0 Å². The van der Waals surface area contributed by atoms with Crippen LogP contribution in [-0.2, 0) is 4.74 Å². The molecule has 26 heavy (non-hydrogen) atoms.